The summed E-state index contributed by atoms with van der Waals surface area (Å²) in [5, 5.41) is 0.601. The number of hydrazine groups is 1. The van der Waals surface area contributed by atoms with Crippen LogP contribution >= 0.6 is 11.3 Å². The first-order valence-electron chi connectivity index (χ1n) is 6.17. The standard InChI is InChI=1S/C13H13FN4OS/c14-9-2-3-11-8(5-9)1-4-12(19)18(11)7-10-6-16-13(17-15)20-10/h2-3,5-6H,1,4,7,15H2,(H,16,17). The van der Waals surface area contributed by atoms with E-state index < -0.39 is 0 Å². The van der Waals surface area contributed by atoms with Crippen molar-refractivity contribution in [1.29, 1.82) is 0 Å². The summed E-state index contributed by atoms with van der Waals surface area (Å²) >= 11 is 1.39. The van der Waals surface area contributed by atoms with Crippen molar-refractivity contribution < 1.29 is 9.18 Å². The van der Waals surface area contributed by atoms with Crippen LogP contribution in [0.5, 0.6) is 0 Å². The van der Waals surface area contributed by atoms with Gasteiger partial charge in [-0.1, -0.05) is 11.3 Å². The Labute approximate surface area is 119 Å². The predicted octanol–water partition coefficient (Wildman–Crippen LogP) is 2.05. The quantitative estimate of drug-likeness (QED) is 0.671. The number of nitrogen functional groups attached to an aromatic ring is 1. The molecule has 0 unspecified atom stereocenters. The fourth-order valence-corrected chi connectivity index (χ4v) is 3.02. The number of nitrogens with zero attached hydrogens (tertiary/aromatic N) is 2. The van der Waals surface area contributed by atoms with Gasteiger partial charge >= 0.3 is 0 Å². The topological polar surface area (TPSA) is 71.2 Å². The van der Waals surface area contributed by atoms with Gasteiger partial charge in [0.25, 0.3) is 0 Å². The number of aryl methyl sites for hydroxylation is 1. The second-order valence-corrected chi connectivity index (χ2v) is 5.64. The molecular weight excluding hydrogens is 279 g/mol. The molecule has 0 spiro atoms. The lowest BCUT2D eigenvalue weighted by atomic mass is 10.0. The van der Waals surface area contributed by atoms with Gasteiger partial charge in [-0.3, -0.25) is 10.2 Å². The summed E-state index contributed by atoms with van der Waals surface area (Å²) < 4.78 is 13.3. The Morgan fingerprint density at radius 3 is 3.05 bits per heavy atom. The van der Waals surface area contributed by atoms with Crippen LogP contribution in [0, 0.1) is 5.82 Å². The number of rotatable bonds is 3. The van der Waals surface area contributed by atoms with Crippen molar-refractivity contribution in [2.75, 3.05) is 10.3 Å². The van der Waals surface area contributed by atoms with Crippen LogP contribution in [0.2, 0.25) is 0 Å². The highest BCUT2D eigenvalue weighted by Crippen LogP contribution is 2.31. The number of anilines is 2. The molecular formula is C13H13FN4OS. The van der Waals surface area contributed by atoms with E-state index in [9.17, 15) is 9.18 Å². The molecule has 0 saturated heterocycles. The van der Waals surface area contributed by atoms with Crippen molar-refractivity contribution in [3.63, 3.8) is 0 Å². The maximum Gasteiger partial charge on any atom is 0.227 e. The summed E-state index contributed by atoms with van der Waals surface area (Å²) in [6.07, 6.45) is 2.67. The Balaban J connectivity index is 1.90. The Bertz CT molecular complexity index is 658. The molecule has 0 atom stereocenters. The van der Waals surface area contributed by atoms with Gasteiger partial charge in [-0.25, -0.2) is 15.2 Å². The summed E-state index contributed by atoms with van der Waals surface area (Å²) in [5.41, 5.74) is 4.12. The molecule has 1 aliphatic rings. The highest BCUT2D eigenvalue weighted by Gasteiger charge is 2.25. The third kappa shape index (κ3) is 2.37. The number of hydrogen-bond acceptors (Lipinski definition) is 5. The fourth-order valence-electron chi connectivity index (χ4n) is 2.31. The number of carbonyl (C=O) groups is 1. The number of nitrogens with one attached hydrogen (secondary N) is 1. The number of aromatic nitrogens is 1. The molecule has 1 aromatic heterocycles. The van der Waals surface area contributed by atoms with Crippen molar-refractivity contribution in [3.8, 4) is 0 Å². The molecule has 1 aromatic carbocycles. The second-order valence-electron chi connectivity index (χ2n) is 4.53. The van der Waals surface area contributed by atoms with Crippen molar-refractivity contribution in [2.45, 2.75) is 19.4 Å². The molecule has 0 radical (unpaired) electrons. The van der Waals surface area contributed by atoms with E-state index in [1.165, 1.54) is 23.5 Å². The Morgan fingerprint density at radius 2 is 2.30 bits per heavy atom. The van der Waals surface area contributed by atoms with Crippen LogP contribution in [0.4, 0.5) is 15.2 Å². The zero-order valence-corrected chi connectivity index (χ0v) is 11.4. The van der Waals surface area contributed by atoms with Gasteiger partial charge in [0.05, 0.1) is 6.54 Å². The van der Waals surface area contributed by atoms with Crippen LogP contribution in [0.3, 0.4) is 0 Å². The first-order valence-corrected chi connectivity index (χ1v) is 6.99. The fraction of sp³-hybridized carbons (Fsp3) is 0.231. The zero-order valence-electron chi connectivity index (χ0n) is 10.6. The highest BCUT2D eigenvalue weighted by molar-refractivity contribution is 7.15. The minimum Gasteiger partial charge on any atom is -0.307 e. The molecule has 0 bridgehead atoms. The smallest absolute Gasteiger partial charge is 0.227 e. The number of amides is 1. The number of halogens is 1. The van der Waals surface area contributed by atoms with E-state index in [4.69, 9.17) is 5.84 Å². The monoisotopic (exact) mass is 292 g/mol. The molecule has 5 nitrogen and oxygen atoms in total. The van der Waals surface area contributed by atoms with E-state index in [0.29, 0.717) is 24.5 Å². The van der Waals surface area contributed by atoms with Crippen LogP contribution in [-0.2, 0) is 17.8 Å². The maximum atomic E-state index is 13.3. The summed E-state index contributed by atoms with van der Waals surface area (Å²) in [4.78, 5) is 18.8. The van der Waals surface area contributed by atoms with E-state index in [-0.39, 0.29) is 11.7 Å². The number of nitrogens with two attached hydrogens (primary N) is 1. The third-order valence-electron chi connectivity index (χ3n) is 3.23. The van der Waals surface area contributed by atoms with Crippen molar-refractivity contribution >= 4 is 28.1 Å². The first-order chi connectivity index (χ1) is 9.67. The molecule has 2 aromatic rings. The molecule has 2 heterocycles. The van der Waals surface area contributed by atoms with E-state index in [1.807, 2.05) is 0 Å². The number of hydrogen-bond donors (Lipinski definition) is 2. The van der Waals surface area contributed by atoms with Crippen LogP contribution in [0.15, 0.2) is 24.4 Å². The third-order valence-corrected chi connectivity index (χ3v) is 4.15. The molecule has 3 N–H and O–H groups in total. The molecule has 0 fully saturated rings. The van der Waals surface area contributed by atoms with E-state index in [0.717, 1.165) is 16.1 Å². The average molecular weight is 292 g/mol. The Kier molecular flexibility index (Phi) is 3.37. The summed E-state index contributed by atoms with van der Waals surface area (Å²) in [5.74, 6) is 5.06. The van der Waals surface area contributed by atoms with E-state index in [1.54, 1.807) is 17.2 Å². The minimum atomic E-state index is -0.273. The van der Waals surface area contributed by atoms with Gasteiger partial charge < -0.3 is 4.90 Å². The van der Waals surface area contributed by atoms with Crippen LogP contribution < -0.4 is 16.2 Å². The van der Waals surface area contributed by atoms with Crippen molar-refractivity contribution in [1.82, 2.24) is 4.98 Å². The lowest BCUT2D eigenvalue weighted by Crippen LogP contribution is -2.34. The number of fused-ring (bicyclic) bond motifs is 1. The lowest BCUT2D eigenvalue weighted by Gasteiger charge is -2.28. The van der Waals surface area contributed by atoms with Crippen molar-refractivity contribution in [2.24, 2.45) is 5.84 Å². The summed E-state index contributed by atoms with van der Waals surface area (Å²) in [6.45, 7) is 0.427. The molecule has 1 amide bonds. The van der Waals surface area contributed by atoms with Crippen LogP contribution in [0.25, 0.3) is 0 Å². The van der Waals surface area contributed by atoms with Crippen molar-refractivity contribution in [3.05, 3.63) is 40.7 Å². The lowest BCUT2D eigenvalue weighted by molar-refractivity contribution is -0.119. The van der Waals surface area contributed by atoms with Gasteiger partial charge in [0.1, 0.15) is 5.82 Å². The molecule has 0 aliphatic carbocycles. The maximum absolute atomic E-state index is 13.3. The predicted molar refractivity (Wildman–Crippen MR) is 75.8 cm³/mol. The Hall–Kier alpha value is -1.99. The first kappa shape index (κ1) is 13.0. The van der Waals surface area contributed by atoms with Gasteiger partial charge in [0, 0.05) is 23.2 Å². The SMILES string of the molecule is NNc1ncc(CN2C(=O)CCc3cc(F)ccc32)s1. The largest absolute Gasteiger partial charge is 0.307 e. The summed E-state index contributed by atoms with van der Waals surface area (Å²) in [7, 11) is 0. The van der Waals surface area contributed by atoms with E-state index >= 15 is 0 Å². The highest BCUT2D eigenvalue weighted by atomic mass is 32.1. The van der Waals surface area contributed by atoms with Gasteiger partial charge in [-0.05, 0) is 30.2 Å². The van der Waals surface area contributed by atoms with Gasteiger partial charge in [0.2, 0.25) is 5.91 Å². The second kappa shape index (κ2) is 5.18. The molecule has 0 saturated carbocycles. The van der Waals surface area contributed by atoms with Gasteiger partial charge in [-0.2, -0.15) is 0 Å². The number of thiazole rings is 1. The molecule has 7 heteroatoms. The molecule has 20 heavy (non-hydrogen) atoms. The van der Waals surface area contributed by atoms with E-state index in [2.05, 4.69) is 10.4 Å². The molecule has 1 aliphatic heterocycles. The summed E-state index contributed by atoms with van der Waals surface area (Å²) in [6, 6.07) is 4.53. The normalized spacial score (nSPS) is 14.3. The Morgan fingerprint density at radius 1 is 1.45 bits per heavy atom. The van der Waals surface area contributed by atoms with Gasteiger partial charge in [0.15, 0.2) is 5.13 Å². The average Bonchev–Trinajstić information content (AvgIpc) is 2.90. The van der Waals surface area contributed by atoms with Crippen LogP contribution in [-0.4, -0.2) is 10.9 Å². The number of benzene rings is 1. The zero-order chi connectivity index (χ0) is 14.1. The molecule has 104 valence electrons. The molecule has 3 rings (SSSR count). The van der Waals surface area contributed by atoms with Crippen LogP contribution in [0.1, 0.15) is 16.9 Å². The minimum absolute atomic E-state index is 0.0414. The number of carbonyl (C=O) groups excluding carboxylic acids is 1. The van der Waals surface area contributed by atoms with Gasteiger partial charge in [-0.15, -0.1) is 0 Å².